The van der Waals surface area contributed by atoms with Crippen molar-refractivity contribution in [3.63, 3.8) is 0 Å². The van der Waals surface area contributed by atoms with Crippen LogP contribution in [0.1, 0.15) is 5.56 Å². The second kappa shape index (κ2) is 8.58. The molecule has 6 nitrogen and oxygen atoms in total. The highest BCUT2D eigenvalue weighted by molar-refractivity contribution is 7.92. The first kappa shape index (κ1) is 19.4. The van der Waals surface area contributed by atoms with Gasteiger partial charge >= 0.3 is 0 Å². The van der Waals surface area contributed by atoms with Crippen LogP contribution < -0.4 is 14.8 Å². The van der Waals surface area contributed by atoms with E-state index in [1.54, 1.807) is 30.3 Å². The van der Waals surface area contributed by atoms with E-state index in [1.807, 2.05) is 31.2 Å². The standard InChI is InChI=1S/C21H20N2O4S/c1-16-7-5-6-10-20(16)22-21(24)15-27-18-11-13-19(14-12-18)28(25,26)23-17-8-3-2-4-9-17/h2-14,23H,15H2,1H3,(H,22,24). The van der Waals surface area contributed by atoms with Crippen LogP contribution in [0.25, 0.3) is 0 Å². The van der Waals surface area contributed by atoms with Gasteiger partial charge in [0.25, 0.3) is 15.9 Å². The topological polar surface area (TPSA) is 84.5 Å². The van der Waals surface area contributed by atoms with E-state index < -0.39 is 10.0 Å². The molecule has 1 amide bonds. The Bertz CT molecular complexity index is 1050. The van der Waals surface area contributed by atoms with Crippen LogP contribution in [0.3, 0.4) is 0 Å². The molecule has 3 aromatic carbocycles. The lowest BCUT2D eigenvalue weighted by molar-refractivity contribution is -0.118. The molecule has 0 bridgehead atoms. The molecule has 2 N–H and O–H groups in total. The van der Waals surface area contributed by atoms with Gasteiger partial charge in [0, 0.05) is 11.4 Å². The van der Waals surface area contributed by atoms with Crippen molar-refractivity contribution in [2.45, 2.75) is 11.8 Å². The average Bonchev–Trinajstić information content (AvgIpc) is 2.69. The Hall–Kier alpha value is -3.32. The van der Waals surface area contributed by atoms with Crippen LogP contribution in [-0.4, -0.2) is 20.9 Å². The molecule has 144 valence electrons. The molecule has 0 aliphatic carbocycles. The van der Waals surface area contributed by atoms with Crippen LogP contribution in [0.15, 0.2) is 83.8 Å². The number of aryl methyl sites for hydroxylation is 1. The highest BCUT2D eigenvalue weighted by Crippen LogP contribution is 2.19. The minimum Gasteiger partial charge on any atom is -0.484 e. The summed E-state index contributed by atoms with van der Waals surface area (Å²) in [7, 11) is -3.69. The summed E-state index contributed by atoms with van der Waals surface area (Å²) in [5, 5.41) is 2.77. The van der Waals surface area contributed by atoms with Crippen LogP contribution in [0, 0.1) is 6.92 Å². The zero-order valence-corrected chi connectivity index (χ0v) is 16.1. The highest BCUT2D eigenvalue weighted by Gasteiger charge is 2.14. The van der Waals surface area contributed by atoms with E-state index in [-0.39, 0.29) is 17.4 Å². The van der Waals surface area contributed by atoms with Crippen LogP contribution in [0.2, 0.25) is 0 Å². The molecule has 0 aliphatic rings. The zero-order valence-electron chi connectivity index (χ0n) is 15.3. The maximum Gasteiger partial charge on any atom is 0.262 e. The summed E-state index contributed by atoms with van der Waals surface area (Å²) in [6, 6.07) is 22.0. The fourth-order valence-electron chi connectivity index (χ4n) is 2.48. The normalized spacial score (nSPS) is 10.9. The zero-order chi connectivity index (χ0) is 20.0. The minimum atomic E-state index is -3.69. The lowest BCUT2D eigenvalue weighted by Crippen LogP contribution is -2.20. The lowest BCUT2D eigenvalue weighted by Gasteiger charge is -2.11. The Kier molecular flexibility index (Phi) is 5.96. The Morgan fingerprint density at radius 1 is 0.893 bits per heavy atom. The number of hydrogen-bond donors (Lipinski definition) is 2. The number of rotatable bonds is 7. The molecule has 0 heterocycles. The van der Waals surface area contributed by atoms with Gasteiger partial charge in [-0.05, 0) is 55.0 Å². The van der Waals surface area contributed by atoms with Crippen molar-refractivity contribution in [2.24, 2.45) is 0 Å². The van der Waals surface area contributed by atoms with Crippen LogP contribution in [0.5, 0.6) is 5.75 Å². The van der Waals surface area contributed by atoms with Gasteiger partial charge in [-0.25, -0.2) is 8.42 Å². The van der Waals surface area contributed by atoms with E-state index >= 15 is 0 Å². The van der Waals surface area contributed by atoms with Gasteiger partial charge < -0.3 is 10.1 Å². The summed E-state index contributed by atoms with van der Waals surface area (Å²) >= 11 is 0. The quantitative estimate of drug-likeness (QED) is 0.636. The first-order valence-electron chi connectivity index (χ1n) is 8.60. The molecular weight excluding hydrogens is 376 g/mol. The first-order chi connectivity index (χ1) is 13.4. The van der Waals surface area contributed by atoms with Crippen molar-refractivity contribution in [3.05, 3.63) is 84.4 Å². The van der Waals surface area contributed by atoms with Crippen molar-refractivity contribution < 1.29 is 17.9 Å². The summed E-state index contributed by atoms with van der Waals surface area (Å²) in [6.07, 6.45) is 0. The molecule has 7 heteroatoms. The number of amides is 1. The number of hydrogen-bond acceptors (Lipinski definition) is 4. The van der Waals surface area contributed by atoms with E-state index in [2.05, 4.69) is 10.0 Å². The molecule has 28 heavy (non-hydrogen) atoms. The molecule has 3 rings (SSSR count). The summed E-state index contributed by atoms with van der Waals surface area (Å²) < 4.78 is 32.7. The number of carbonyl (C=O) groups is 1. The van der Waals surface area contributed by atoms with Gasteiger partial charge in [0.05, 0.1) is 4.90 Å². The number of ether oxygens (including phenoxy) is 1. The van der Waals surface area contributed by atoms with E-state index in [4.69, 9.17) is 4.74 Å². The molecule has 0 radical (unpaired) electrons. The van der Waals surface area contributed by atoms with Crippen LogP contribution in [-0.2, 0) is 14.8 Å². The van der Waals surface area contributed by atoms with E-state index in [0.717, 1.165) is 11.3 Å². The molecule has 0 aromatic heterocycles. The number of sulfonamides is 1. The molecule has 0 atom stereocenters. The Morgan fingerprint density at radius 3 is 2.21 bits per heavy atom. The van der Waals surface area contributed by atoms with Gasteiger partial charge in [-0.3, -0.25) is 9.52 Å². The maximum absolute atomic E-state index is 12.4. The van der Waals surface area contributed by atoms with Gasteiger partial charge in [0.15, 0.2) is 6.61 Å². The summed E-state index contributed by atoms with van der Waals surface area (Å²) in [6.45, 7) is 1.72. The molecule has 0 unspecified atom stereocenters. The van der Waals surface area contributed by atoms with Crippen molar-refractivity contribution in [3.8, 4) is 5.75 Å². The molecule has 0 saturated carbocycles. The smallest absolute Gasteiger partial charge is 0.262 e. The monoisotopic (exact) mass is 396 g/mol. The van der Waals surface area contributed by atoms with Crippen molar-refractivity contribution in [2.75, 3.05) is 16.6 Å². The van der Waals surface area contributed by atoms with Crippen molar-refractivity contribution >= 4 is 27.3 Å². The Balaban J connectivity index is 1.58. The maximum atomic E-state index is 12.4. The van der Waals surface area contributed by atoms with Gasteiger partial charge in [0.2, 0.25) is 0 Å². The summed E-state index contributed by atoms with van der Waals surface area (Å²) in [4.78, 5) is 12.1. The van der Waals surface area contributed by atoms with Gasteiger partial charge in [-0.2, -0.15) is 0 Å². The number of para-hydroxylation sites is 2. The fraction of sp³-hybridized carbons (Fsp3) is 0.0952. The van der Waals surface area contributed by atoms with E-state index in [9.17, 15) is 13.2 Å². The fourth-order valence-corrected chi connectivity index (χ4v) is 3.54. The largest absolute Gasteiger partial charge is 0.484 e. The third kappa shape index (κ3) is 5.11. The van der Waals surface area contributed by atoms with Crippen LogP contribution in [0.4, 0.5) is 11.4 Å². The number of carbonyl (C=O) groups excluding carboxylic acids is 1. The second-order valence-electron chi connectivity index (χ2n) is 6.09. The van der Waals surface area contributed by atoms with Crippen molar-refractivity contribution in [1.29, 1.82) is 0 Å². The van der Waals surface area contributed by atoms with Crippen molar-refractivity contribution in [1.82, 2.24) is 0 Å². The Labute approximate surface area is 164 Å². The molecule has 0 saturated heterocycles. The van der Waals surface area contributed by atoms with Gasteiger partial charge in [0.1, 0.15) is 5.75 Å². The molecule has 0 spiro atoms. The van der Waals surface area contributed by atoms with E-state index in [0.29, 0.717) is 11.4 Å². The number of anilines is 2. The minimum absolute atomic E-state index is 0.105. The predicted octanol–water partition coefficient (Wildman–Crippen LogP) is 3.81. The number of nitrogens with one attached hydrogen (secondary N) is 2. The van der Waals surface area contributed by atoms with Crippen LogP contribution >= 0.6 is 0 Å². The molecular formula is C21H20N2O4S. The molecule has 0 aliphatic heterocycles. The third-order valence-electron chi connectivity index (χ3n) is 3.95. The third-order valence-corrected chi connectivity index (χ3v) is 5.35. The number of benzene rings is 3. The van der Waals surface area contributed by atoms with E-state index in [1.165, 1.54) is 24.3 Å². The van der Waals surface area contributed by atoms with Gasteiger partial charge in [-0.15, -0.1) is 0 Å². The SMILES string of the molecule is Cc1ccccc1NC(=O)COc1ccc(S(=O)(=O)Nc2ccccc2)cc1. The summed E-state index contributed by atoms with van der Waals surface area (Å²) in [5.41, 5.74) is 2.16. The average molecular weight is 396 g/mol. The second-order valence-corrected chi connectivity index (χ2v) is 7.78. The Morgan fingerprint density at radius 2 is 1.54 bits per heavy atom. The first-order valence-corrected chi connectivity index (χ1v) is 10.1. The predicted molar refractivity (Wildman–Crippen MR) is 109 cm³/mol. The highest BCUT2D eigenvalue weighted by atomic mass is 32.2. The summed E-state index contributed by atoms with van der Waals surface area (Å²) in [5.74, 6) is 0.107. The molecule has 3 aromatic rings. The molecule has 0 fully saturated rings. The van der Waals surface area contributed by atoms with Gasteiger partial charge in [-0.1, -0.05) is 36.4 Å². The lowest BCUT2D eigenvalue weighted by atomic mass is 10.2.